The first-order chi connectivity index (χ1) is 31.3. The smallest absolute Gasteiger partial charge is 0.245 e. The minimum Gasteiger partial charge on any atom is -0.391 e. The van der Waals surface area contributed by atoms with Crippen LogP contribution < -0.4 is 70.8 Å². The maximum Gasteiger partial charge on any atom is 0.245 e. The van der Waals surface area contributed by atoms with Crippen molar-refractivity contribution in [1.82, 2.24) is 47.9 Å². The highest BCUT2D eigenvalue weighted by atomic mass is 16.3. The maximum absolute atomic E-state index is 14.2. The van der Waals surface area contributed by atoms with Gasteiger partial charge in [0, 0.05) is 19.4 Å². The standard InChI is InChI=1S/C43H75N13O10/c1-6-11-34(58)50-28(14-18-44)37(60)49-24-35(59)51-29(15-19-45)38(61)55-33(23-27-12-9-8-10-13-27)42(65)54-32(22-25(3)4)41(64)53-30(16-20-46)39(62)52-31(17-21-47)40(63)56-36(26(5)57)43(66)48-7-2/h8-10,12-13,25-26,28-33,36,57H,6-7,11,14-24,44-47H2,1-5H3,(H,48,66)(H,49,60)(H,50,58)(H,51,59)(H,52,62)(H,53,64)(H,54,65)(H,55,61)(H,56,63)/t26-,28+,29+,30+,31+,32+,33-,36+/m1/s1. The summed E-state index contributed by atoms with van der Waals surface area (Å²) in [5.74, 6) is -6.49. The third-order valence-electron chi connectivity index (χ3n) is 9.96. The molecule has 9 amide bonds. The summed E-state index contributed by atoms with van der Waals surface area (Å²) in [5.41, 5.74) is 23.6. The summed E-state index contributed by atoms with van der Waals surface area (Å²) < 4.78 is 0. The van der Waals surface area contributed by atoms with E-state index in [4.69, 9.17) is 22.9 Å². The second-order valence-electron chi connectivity index (χ2n) is 16.2. The van der Waals surface area contributed by atoms with Crippen molar-refractivity contribution in [3.8, 4) is 0 Å². The molecule has 0 bridgehead atoms. The fraction of sp³-hybridized carbons (Fsp3) is 0.651. The predicted octanol–water partition coefficient (Wildman–Crippen LogP) is -4.50. The normalized spacial score (nSPS) is 14.7. The lowest BCUT2D eigenvalue weighted by atomic mass is 10.00. The van der Waals surface area contributed by atoms with Crippen molar-refractivity contribution in [2.45, 2.75) is 134 Å². The largest absolute Gasteiger partial charge is 0.391 e. The Kier molecular flexibility index (Phi) is 28.3. The first-order valence-corrected chi connectivity index (χ1v) is 22.5. The summed E-state index contributed by atoms with van der Waals surface area (Å²) in [5, 5.41) is 33.2. The Morgan fingerprint density at radius 1 is 0.515 bits per heavy atom. The first kappa shape index (κ1) is 58.3. The summed E-state index contributed by atoms with van der Waals surface area (Å²) in [4.78, 5) is 119. The third-order valence-corrected chi connectivity index (χ3v) is 9.96. The molecule has 23 heteroatoms. The van der Waals surface area contributed by atoms with Crippen molar-refractivity contribution < 1.29 is 48.3 Å². The van der Waals surface area contributed by atoms with Crippen LogP contribution in [0, 0.1) is 5.92 Å². The second-order valence-corrected chi connectivity index (χ2v) is 16.2. The predicted molar refractivity (Wildman–Crippen MR) is 246 cm³/mol. The number of carbonyl (C=O) groups is 9. The van der Waals surface area contributed by atoms with Gasteiger partial charge in [-0.25, -0.2) is 0 Å². The number of nitrogens with two attached hydrogens (primary N) is 4. The average molecular weight is 934 g/mol. The molecule has 66 heavy (non-hydrogen) atoms. The van der Waals surface area contributed by atoms with E-state index in [-0.39, 0.29) is 89.5 Å². The van der Waals surface area contributed by atoms with Crippen LogP contribution in [0.4, 0.5) is 0 Å². The van der Waals surface area contributed by atoms with Crippen LogP contribution >= 0.6 is 0 Å². The summed E-state index contributed by atoms with van der Waals surface area (Å²) in [6, 6.07) is 0.0247. The molecular formula is C43H75N13O10. The van der Waals surface area contributed by atoms with E-state index < -0.39 is 102 Å². The minimum absolute atomic E-state index is 0.0428. The first-order valence-electron chi connectivity index (χ1n) is 22.5. The van der Waals surface area contributed by atoms with E-state index in [1.54, 1.807) is 51.1 Å². The Morgan fingerprint density at radius 2 is 0.939 bits per heavy atom. The Labute approximate surface area is 386 Å². The van der Waals surface area contributed by atoms with Gasteiger partial charge in [-0.3, -0.25) is 43.2 Å². The van der Waals surface area contributed by atoms with E-state index in [1.807, 2.05) is 6.92 Å². The Morgan fingerprint density at radius 3 is 1.41 bits per heavy atom. The van der Waals surface area contributed by atoms with Gasteiger partial charge in [0.1, 0.15) is 42.3 Å². The number of amides is 9. The molecule has 1 aromatic carbocycles. The molecule has 0 radical (unpaired) electrons. The summed E-state index contributed by atoms with van der Waals surface area (Å²) in [6.07, 6.45) is -0.549. The summed E-state index contributed by atoms with van der Waals surface area (Å²) >= 11 is 0. The monoisotopic (exact) mass is 934 g/mol. The molecule has 0 unspecified atom stereocenters. The van der Waals surface area contributed by atoms with E-state index in [0.717, 1.165) is 0 Å². The van der Waals surface area contributed by atoms with Crippen molar-refractivity contribution in [2.75, 3.05) is 39.3 Å². The van der Waals surface area contributed by atoms with Crippen LogP contribution in [-0.4, -0.2) is 146 Å². The number of hydrogen-bond acceptors (Lipinski definition) is 14. The van der Waals surface area contributed by atoms with Crippen LogP contribution in [0.5, 0.6) is 0 Å². The topological polar surface area (TPSA) is 386 Å². The molecule has 0 heterocycles. The molecular weight excluding hydrogens is 859 g/mol. The lowest BCUT2D eigenvalue weighted by Crippen LogP contribution is -2.61. The van der Waals surface area contributed by atoms with E-state index >= 15 is 0 Å². The molecule has 0 aliphatic rings. The van der Waals surface area contributed by atoms with Crippen LogP contribution in [-0.2, 0) is 49.6 Å². The second kappa shape index (κ2) is 32.0. The number of likely N-dealkylation sites (N-methyl/N-ethyl adjacent to an activating group) is 1. The molecule has 1 aromatic rings. The van der Waals surface area contributed by atoms with Crippen molar-refractivity contribution in [1.29, 1.82) is 0 Å². The Balaban J connectivity index is 3.30. The molecule has 0 aliphatic heterocycles. The summed E-state index contributed by atoms with van der Waals surface area (Å²) in [6.45, 7) is 8.01. The number of benzene rings is 1. The highest BCUT2D eigenvalue weighted by Crippen LogP contribution is 2.10. The highest BCUT2D eigenvalue weighted by molar-refractivity contribution is 5.97. The average Bonchev–Trinajstić information content (AvgIpc) is 3.26. The van der Waals surface area contributed by atoms with Gasteiger partial charge in [0.15, 0.2) is 0 Å². The van der Waals surface area contributed by atoms with Gasteiger partial charge < -0.3 is 75.9 Å². The van der Waals surface area contributed by atoms with E-state index in [0.29, 0.717) is 12.0 Å². The number of carbonyl (C=O) groups excluding carboxylic acids is 9. The van der Waals surface area contributed by atoms with Gasteiger partial charge in [-0.2, -0.15) is 0 Å². The molecule has 0 aromatic heterocycles. The zero-order chi connectivity index (χ0) is 49.8. The lowest BCUT2D eigenvalue weighted by Gasteiger charge is -2.28. The zero-order valence-electron chi connectivity index (χ0n) is 38.9. The fourth-order valence-corrected chi connectivity index (χ4v) is 6.57. The molecule has 0 saturated carbocycles. The SMILES string of the molecule is CCCC(=O)N[C@@H](CCN)C(=O)NCC(=O)N[C@@H](CCN)C(=O)N[C@H](Cc1ccccc1)C(=O)N[C@@H](CC(C)C)C(=O)N[C@@H](CCN)C(=O)N[C@@H](CCN)C(=O)N[C@H](C(=O)NCC)[C@@H](C)O. The van der Waals surface area contributed by atoms with E-state index in [9.17, 15) is 48.3 Å². The molecule has 1 rings (SSSR count). The van der Waals surface area contributed by atoms with Crippen LogP contribution in [0.15, 0.2) is 30.3 Å². The van der Waals surface area contributed by atoms with Gasteiger partial charge in [-0.15, -0.1) is 0 Å². The maximum atomic E-state index is 14.2. The van der Waals surface area contributed by atoms with Gasteiger partial charge >= 0.3 is 0 Å². The van der Waals surface area contributed by atoms with E-state index in [1.165, 1.54) is 6.92 Å². The quantitative estimate of drug-likeness (QED) is 0.0324. The van der Waals surface area contributed by atoms with Crippen molar-refractivity contribution in [3.63, 3.8) is 0 Å². The number of aliphatic hydroxyl groups is 1. The highest BCUT2D eigenvalue weighted by Gasteiger charge is 2.34. The molecule has 0 fully saturated rings. The number of rotatable bonds is 32. The van der Waals surface area contributed by atoms with Gasteiger partial charge in [0.2, 0.25) is 53.2 Å². The molecule has 372 valence electrons. The fourth-order valence-electron chi connectivity index (χ4n) is 6.57. The van der Waals surface area contributed by atoms with Crippen molar-refractivity contribution in [3.05, 3.63) is 35.9 Å². The van der Waals surface area contributed by atoms with Gasteiger partial charge in [-0.1, -0.05) is 51.1 Å². The Bertz CT molecular complexity index is 1720. The number of hydrogen-bond donors (Lipinski definition) is 14. The molecule has 0 saturated heterocycles. The number of nitrogens with one attached hydrogen (secondary N) is 9. The molecule has 23 nitrogen and oxygen atoms in total. The van der Waals surface area contributed by atoms with Crippen LogP contribution in [0.3, 0.4) is 0 Å². The molecule has 0 spiro atoms. The molecule has 0 aliphatic carbocycles. The summed E-state index contributed by atoms with van der Waals surface area (Å²) in [7, 11) is 0. The molecule has 18 N–H and O–H groups in total. The Hall–Kier alpha value is -5.75. The van der Waals surface area contributed by atoms with E-state index in [2.05, 4.69) is 47.9 Å². The van der Waals surface area contributed by atoms with Crippen LogP contribution in [0.25, 0.3) is 0 Å². The molecule has 8 atom stereocenters. The van der Waals surface area contributed by atoms with Crippen LogP contribution in [0.1, 0.15) is 85.1 Å². The van der Waals surface area contributed by atoms with Crippen LogP contribution in [0.2, 0.25) is 0 Å². The van der Waals surface area contributed by atoms with Gasteiger partial charge in [0.05, 0.1) is 12.6 Å². The minimum atomic E-state index is -1.33. The van der Waals surface area contributed by atoms with Gasteiger partial charge in [-0.05, 0) is 90.0 Å². The lowest BCUT2D eigenvalue weighted by molar-refractivity contribution is -0.136. The van der Waals surface area contributed by atoms with Gasteiger partial charge in [0.25, 0.3) is 0 Å². The zero-order valence-corrected chi connectivity index (χ0v) is 38.9. The van der Waals surface area contributed by atoms with Crippen molar-refractivity contribution in [2.24, 2.45) is 28.9 Å². The third kappa shape index (κ3) is 22.0. The van der Waals surface area contributed by atoms with Crippen molar-refractivity contribution >= 4 is 53.2 Å². The number of aliphatic hydroxyl groups excluding tert-OH is 1.